The van der Waals surface area contributed by atoms with Gasteiger partial charge in [0.05, 0.1) is 0 Å². The molecule has 8 heteroatoms. The average molecular weight is 398 g/mol. The van der Waals surface area contributed by atoms with E-state index < -0.39 is 5.91 Å². The lowest BCUT2D eigenvalue weighted by atomic mass is 9.94. The van der Waals surface area contributed by atoms with Gasteiger partial charge in [0.15, 0.2) is 0 Å². The molecule has 0 radical (unpaired) electrons. The molecule has 8 nitrogen and oxygen atoms in total. The number of hydrogen-bond acceptors (Lipinski definition) is 6. The zero-order valence-electron chi connectivity index (χ0n) is 16.7. The van der Waals surface area contributed by atoms with E-state index in [-0.39, 0.29) is 18.2 Å². The van der Waals surface area contributed by atoms with Gasteiger partial charge >= 0.3 is 0 Å². The molecule has 1 aliphatic rings. The van der Waals surface area contributed by atoms with Crippen LogP contribution in [0.3, 0.4) is 0 Å². The fourth-order valence-corrected chi connectivity index (χ4v) is 3.47. The van der Waals surface area contributed by atoms with Gasteiger partial charge in [0.25, 0.3) is 11.8 Å². The molecular formula is C21H26N4O4. The summed E-state index contributed by atoms with van der Waals surface area (Å²) >= 11 is 0. The molecule has 3 amide bonds. The average Bonchev–Trinajstić information content (AvgIpc) is 2.74. The summed E-state index contributed by atoms with van der Waals surface area (Å²) in [5.74, 6) is -0.915. The Kier molecular flexibility index (Phi) is 6.58. The summed E-state index contributed by atoms with van der Waals surface area (Å²) in [5, 5.41) is 10.2. The molecule has 2 N–H and O–H groups in total. The second-order valence-electron chi connectivity index (χ2n) is 7.36. The summed E-state index contributed by atoms with van der Waals surface area (Å²) in [5.41, 5.74) is 2.76. The Hall–Kier alpha value is -2.81. The van der Waals surface area contributed by atoms with E-state index in [9.17, 15) is 14.4 Å². The van der Waals surface area contributed by atoms with Crippen LogP contribution >= 0.6 is 0 Å². The van der Waals surface area contributed by atoms with E-state index in [1.165, 1.54) is 4.90 Å². The van der Waals surface area contributed by atoms with Crippen molar-refractivity contribution in [2.24, 2.45) is 0 Å². The van der Waals surface area contributed by atoms with Gasteiger partial charge in [-0.05, 0) is 31.6 Å². The molecule has 154 valence electrons. The largest absolute Gasteiger partial charge is 0.305 e. The third-order valence-corrected chi connectivity index (χ3v) is 5.27. The second-order valence-corrected chi connectivity index (χ2v) is 7.36. The van der Waals surface area contributed by atoms with Crippen LogP contribution in [0.1, 0.15) is 27.1 Å². The molecule has 0 unspecified atom stereocenters. The number of hydroxylamine groups is 1. The monoisotopic (exact) mass is 398 g/mol. The summed E-state index contributed by atoms with van der Waals surface area (Å²) in [6.45, 7) is 2.85. The number of nitrogens with one attached hydrogen (secondary N) is 1. The number of rotatable bonds is 9. The van der Waals surface area contributed by atoms with Gasteiger partial charge in [0, 0.05) is 55.7 Å². The van der Waals surface area contributed by atoms with Crippen LogP contribution in [0.2, 0.25) is 0 Å². The van der Waals surface area contributed by atoms with Crippen LogP contribution in [0, 0.1) is 0 Å². The van der Waals surface area contributed by atoms with Crippen LogP contribution in [-0.4, -0.2) is 84.4 Å². The number of amides is 3. The number of carbonyl (C=O) groups is 3. The Bertz CT molecular complexity index is 879. The highest BCUT2D eigenvalue weighted by Crippen LogP contribution is 2.29. The highest BCUT2D eigenvalue weighted by Gasteiger charge is 2.32. The van der Waals surface area contributed by atoms with Crippen molar-refractivity contribution >= 4 is 28.5 Å². The maximum atomic E-state index is 12.9. The number of carbonyl (C=O) groups excluding carboxylic acids is 3. The Morgan fingerprint density at radius 1 is 0.931 bits per heavy atom. The Labute approximate surface area is 169 Å². The van der Waals surface area contributed by atoms with Crippen LogP contribution in [0.4, 0.5) is 0 Å². The molecule has 0 fully saturated rings. The molecule has 29 heavy (non-hydrogen) atoms. The van der Waals surface area contributed by atoms with Crippen molar-refractivity contribution in [1.29, 1.82) is 0 Å². The number of hydrogen-bond donors (Lipinski definition) is 2. The zero-order valence-corrected chi connectivity index (χ0v) is 16.7. The summed E-state index contributed by atoms with van der Waals surface area (Å²) in [7, 11) is 3.83. The van der Waals surface area contributed by atoms with Gasteiger partial charge in [-0.3, -0.25) is 24.5 Å². The van der Waals surface area contributed by atoms with E-state index in [1.54, 1.807) is 17.6 Å². The molecule has 2 aromatic rings. The van der Waals surface area contributed by atoms with E-state index in [4.69, 9.17) is 5.21 Å². The van der Waals surface area contributed by atoms with Crippen LogP contribution in [-0.2, 0) is 4.79 Å². The smallest absolute Gasteiger partial charge is 0.261 e. The fraction of sp³-hybridized carbons (Fsp3) is 0.381. The number of likely N-dealkylation sites (N-methyl/N-ethyl adjacent to an activating group) is 2. The molecule has 0 atom stereocenters. The molecule has 1 aliphatic heterocycles. The fourth-order valence-electron chi connectivity index (χ4n) is 3.47. The Balaban J connectivity index is 1.57. The minimum absolute atomic E-state index is 0.221. The van der Waals surface area contributed by atoms with Crippen molar-refractivity contribution in [3.63, 3.8) is 0 Å². The third kappa shape index (κ3) is 4.61. The molecule has 2 aromatic carbocycles. The van der Waals surface area contributed by atoms with Crippen LogP contribution in [0.15, 0.2) is 36.4 Å². The van der Waals surface area contributed by atoms with Gasteiger partial charge < -0.3 is 9.80 Å². The standard InChI is InChI=1S/C21H26N4O4/c1-23(10-9-18(26)22-29)11-12-24(2)13-14-25-20(27)16-7-3-5-15-6-4-8-17(19(15)16)21(25)28/h3-8,29H,9-14H2,1-2H3,(H,22,26). The first-order valence-electron chi connectivity index (χ1n) is 9.60. The molecule has 0 spiro atoms. The lowest BCUT2D eigenvalue weighted by molar-refractivity contribution is -0.129. The second kappa shape index (κ2) is 9.13. The van der Waals surface area contributed by atoms with Gasteiger partial charge in [-0.1, -0.05) is 24.3 Å². The van der Waals surface area contributed by atoms with E-state index in [0.717, 1.165) is 23.9 Å². The van der Waals surface area contributed by atoms with Crippen molar-refractivity contribution in [3.8, 4) is 0 Å². The highest BCUT2D eigenvalue weighted by molar-refractivity contribution is 6.25. The van der Waals surface area contributed by atoms with Crippen LogP contribution in [0.25, 0.3) is 10.8 Å². The summed E-state index contributed by atoms with van der Waals surface area (Å²) in [6.07, 6.45) is 0.221. The molecule has 0 bridgehead atoms. The lowest BCUT2D eigenvalue weighted by Crippen LogP contribution is -2.44. The van der Waals surface area contributed by atoms with E-state index in [2.05, 4.69) is 0 Å². The van der Waals surface area contributed by atoms with Crippen molar-refractivity contribution in [1.82, 2.24) is 20.2 Å². The summed E-state index contributed by atoms with van der Waals surface area (Å²) in [6, 6.07) is 11.0. The number of benzene rings is 2. The minimum Gasteiger partial charge on any atom is -0.305 e. The number of imide groups is 1. The zero-order chi connectivity index (χ0) is 21.0. The summed E-state index contributed by atoms with van der Waals surface area (Å²) < 4.78 is 0. The molecule has 0 aliphatic carbocycles. The van der Waals surface area contributed by atoms with E-state index >= 15 is 0 Å². The number of nitrogens with zero attached hydrogens (tertiary/aromatic N) is 3. The predicted octanol–water partition coefficient (Wildman–Crippen LogP) is 1.19. The SMILES string of the molecule is CN(CCC(=O)NO)CCN(C)CCN1C(=O)c2cccc3cccc(c23)C1=O. The topological polar surface area (TPSA) is 93.2 Å². The molecule has 3 rings (SSSR count). The van der Waals surface area contributed by atoms with Gasteiger partial charge in [0.2, 0.25) is 5.91 Å². The van der Waals surface area contributed by atoms with E-state index in [1.807, 2.05) is 48.2 Å². The van der Waals surface area contributed by atoms with Crippen LogP contribution in [0.5, 0.6) is 0 Å². The van der Waals surface area contributed by atoms with Gasteiger partial charge in [-0.25, -0.2) is 5.48 Å². The lowest BCUT2D eigenvalue weighted by Gasteiger charge is -2.29. The van der Waals surface area contributed by atoms with Crippen LogP contribution < -0.4 is 5.48 Å². The van der Waals surface area contributed by atoms with Crippen molar-refractivity contribution < 1.29 is 19.6 Å². The molecule has 0 saturated carbocycles. The predicted molar refractivity (Wildman–Crippen MR) is 109 cm³/mol. The minimum atomic E-state index is -0.414. The third-order valence-electron chi connectivity index (χ3n) is 5.27. The molecular weight excluding hydrogens is 372 g/mol. The van der Waals surface area contributed by atoms with Gasteiger partial charge in [0.1, 0.15) is 0 Å². The van der Waals surface area contributed by atoms with E-state index in [0.29, 0.717) is 30.8 Å². The normalized spacial score (nSPS) is 13.6. The molecule has 0 saturated heterocycles. The van der Waals surface area contributed by atoms with Crippen molar-refractivity contribution in [3.05, 3.63) is 47.5 Å². The van der Waals surface area contributed by atoms with Crippen molar-refractivity contribution in [2.45, 2.75) is 6.42 Å². The van der Waals surface area contributed by atoms with Gasteiger partial charge in [-0.2, -0.15) is 0 Å². The first kappa shape index (κ1) is 20.9. The van der Waals surface area contributed by atoms with Crippen molar-refractivity contribution in [2.75, 3.05) is 46.8 Å². The molecule has 1 heterocycles. The van der Waals surface area contributed by atoms with Gasteiger partial charge in [-0.15, -0.1) is 0 Å². The first-order valence-corrected chi connectivity index (χ1v) is 9.60. The Morgan fingerprint density at radius 2 is 1.48 bits per heavy atom. The maximum absolute atomic E-state index is 12.9. The first-order chi connectivity index (χ1) is 13.9. The quantitative estimate of drug-likeness (QED) is 0.375. The maximum Gasteiger partial charge on any atom is 0.261 e. The molecule has 0 aromatic heterocycles. The Morgan fingerprint density at radius 3 is 2.03 bits per heavy atom. The highest BCUT2D eigenvalue weighted by atomic mass is 16.5. The summed E-state index contributed by atoms with van der Waals surface area (Å²) in [4.78, 5) is 42.2.